The van der Waals surface area contributed by atoms with Gasteiger partial charge in [-0.25, -0.2) is 0 Å². The summed E-state index contributed by atoms with van der Waals surface area (Å²) < 4.78 is 15.5. The van der Waals surface area contributed by atoms with Gasteiger partial charge in [-0.15, -0.1) is 0 Å². The number of para-hydroxylation sites is 6. The molecule has 0 aliphatic heterocycles. The van der Waals surface area contributed by atoms with Gasteiger partial charge in [0.1, 0.15) is 16.7 Å². The van der Waals surface area contributed by atoms with Crippen molar-refractivity contribution in [1.82, 2.24) is 4.40 Å². The fourth-order valence-corrected chi connectivity index (χ4v) is 9.52. The standard InChI is InChI=1S/C54H32N2O2/c1-4-18-47-39(10-1)42-14-8-15-43-46-32-35(26-31-48(46)56(47)52(42)43)33-22-27-36(28-23-33)55(49-19-9-17-45-41-12-3-6-21-51(41)58-54(45)49)37-29-24-34(25-30-37)38-13-7-16-44-40-11-2-5-20-50(40)57-53(38)44/h1-32H. The van der Waals surface area contributed by atoms with E-state index in [4.69, 9.17) is 8.83 Å². The summed E-state index contributed by atoms with van der Waals surface area (Å²) in [5.74, 6) is 0. The van der Waals surface area contributed by atoms with E-state index in [2.05, 4.69) is 179 Å². The fraction of sp³-hybridized carbons (Fsp3) is 0. The third-order valence-electron chi connectivity index (χ3n) is 12.1. The van der Waals surface area contributed by atoms with Crippen molar-refractivity contribution >= 4 is 99.0 Å². The summed E-state index contributed by atoms with van der Waals surface area (Å²) in [5.41, 5.74) is 14.9. The van der Waals surface area contributed by atoms with Crippen molar-refractivity contribution in [2.45, 2.75) is 0 Å². The van der Waals surface area contributed by atoms with E-state index in [1.54, 1.807) is 0 Å². The Hall–Kier alpha value is -7.82. The Bertz CT molecular complexity index is 3740. The summed E-state index contributed by atoms with van der Waals surface area (Å²) in [6.45, 7) is 0. The lowest BCUT2D eigenvalue weighted by molar-refractivity contribution is 0.669. The lowest BCUT2D eigenvalue weighted by Crippen LogP contribution is -2.10. The molecule has 4 heterocycles. The first-order chi connectivity index (χ1) is 28.8. The highest BCUT2D eigenvalue weighted by atomic mass is 16.3. The molecular weight excluding hydrogens is 709 g/mol. The zero-order chi connectivity index (χ0) is 37.9. The number of anilines is 3. The molecule has 0 bridgehead atoms. The normalized spacial score (nSPS) is 12.1. The van der Waals surface area contributed by atoms with Gasteiger partial charge in [0.2, 0.25) is 0 Å². The van der Waals surface area contributed by atoms with Crippen molar-refractivity contribution in [2.24, 2.45) is 0 Å². The van der Waals surface area contributed by atoms with Gasteiger partial charge in [0.25, 0.3) is 0 Å². The fourth-order valence-electron chi connectivity index (χ4n) is 9.52. The van der Waals surface area contributed by atoms with E-state index in [9.17, 15) is 0 Å². The molecule has 0 N–H and O–H groups in total. The lowest BCUT2D eigenvalue weighted by atomic mass is 10.0. The van der Waals surface area contributed by atoms with Gasteiger partial charge in [0.05, 0.1) is 22.2 Å². The maximum Gasteiger partial charge on any atom is 0.159 e. The molecule has 0 unspecified atom stereocenters. The van der Waals surface area contributed by atoms with Gasteiger partial charge in [0, 0.05) is 60.0 Å². The number of hydrogen-bond acceptors (Lipinski definition) is 3. The van der Waals surface area contributed by atoms with E-state index in [1.165, 1.54) is 43.7 Å². The van der Waals surface area contributed by atoms with Crippen molar-refractivity contribution in [3.8, 4) is 22.3 Å². The number of aromatic nitrogens is 1. The summed E-state index contributed by atoms with van der Waals surface area (Å²) in [6, 6.07) is 69.4. The van der Waals surface area contributed by atoms with Crippen LogP contribution in [0.5, 0.6) is 0 Å². The third-order valence-corrected chi connectivity index (χ3v) is 12.1. The molecular formula is C54H32N2O2. The monoisotopic (exact) mass is 740 g/mol. The first-order valence-corrected chi connectivity index (χ1v) is 19.8. The second-order valence-electron chi connectivity index (χ2n) is 15.2. The molecule has 0 amide bonds. The van der Waals surface area contributed by atoms with Crippen LogP contribution in [0.25, 0.3) is 104 Å². The molecule has 4 nitrogen and oxygen atoms in total. The minimum atomic E-state index is 0.855. The maximum absolute atomic E-state index is 6.63. The second-order valence-corrected chi connectivity index (χ2v) is 15.2. The Morgan fingerprint density at radius 1 is 0.345 bits per heavy atom. The second kappa shape index (κ2) is 11.8. The molecule has 13 aromatic rings. The van der Waals surface area contributed by atoms with Crippen LogP contribution in [-0.4, -0.2) is 4.40 Å². The topological polar surface area (TPSA) is 33.9 Å². The third kappa shape index (κ3) is 4.40. The first-order valence-electron chi connectivity index (χ1n) is 19.8. The predicted octanol–water partition coefficient (Wildman–Crippen LogP) is 15.4. The molecule has 58 heavy (non-hydrogen) atoms. The van der Waals surface area contributed by atoms with Gasteiger partial charge >= 0.3 is 0 Å². The van der Waals surface area contributed by atoms with Crippen molar-refractivity contribution in [3.63, 3.8) is 0 Å². The molecule has 0 radical (unpaired) electrons. The highest BCUT2D eigenvalue weighted by molar-refractivity contribution is 6.23. The van der Waals surface area contributed by atoms with E-state index < -0.39 is 0 Å². The Morgan fingerprint density at radius 2 is 0.862 bits per heavy atom. The molecule has 0 aliphatic carbocycles. The van der Waals surface area contributed by atoms with Crippen LogP contribution >= 0.6 is 0 Å². The van der Waals surface area contributed by atoms with Gasteiger partial charge in [-0.2, -0.15) is 0 Å². The Morgan fingerprint density at radius 3 is 1.60 bits per heavy atom. The molecule has 9 aromatic carbocycles. The highest BCUT2D eigenvalue weighted by Gasteiger charge is 2.21. The van der Waals surface area contributed by atoms with E-state index in [0.29, 0.717) is 0 Å². The summed E-state index contributed by atoms with van der Waals surface area (Å²) in [4.78, 5) is 2.31. The molecule has 0 aliphatic rings. The molecule has 0 saturated heterocycles. The number of furan rings is 2. The van der Waals surface area contributed by atoms with Crippen LogP contribution in [0.1, 0.15) is 0 Å². The van der Waals surface area contributed by atoms with Gasteiger partial charge in [0.15, 0.2) is 5.58 Å². The summed E-state index contributed by atoms with van der Waals surface area (Å²) >= 11 is 0. The van der Waals surface area contributed by atoms with E-state index in [1.807, 2.05) is 24.3 Å². The maximum atomic E-state index is 6.63. The van der Waals surface area contributed by atoms with E-state index in [-0.39, 0.29) is 0 Å². The largest absolute Gasteiger partial charge is 0.455 e. The molecule has 13 rings (SSSR count). The molecule has 0 atom stereocenters. The highest BCUT2D eigenvalue weighted by Crippen LogP contribution is 2.45. The van der Waals surface area contributed by atoms with Gasteiger partial charge < -0.3 is 18.1 Å². The van der Waals surface area contributed by atoms with Crippen molar-refractivity contribution in [1.29, 1.82) is 0 Å². The predicted molar refractivity (Wildman–Crippen MR) is 241 cm³/mol. The summed E-state index contributed by atoms with van der Waals surface area (Å²) in [5, 5.41) is 9.60. The van der Waals surface area contributed by atoms with Gasteiger partial charge in [-0.1, -0.05) is 133 Å². The Balaban J connectivity index is 0.942. The molecule has 4 aromatic heterocycles. The Kier molecular flexibility index (Phi) is 6.41. The van der Waals surface area contributed by atoms with Crippen molar-refractivity contribution in [3.05, 3.63) is 194 Å². The Labute approximate surface area is 332 Å². The quantitative estimate of drug-likeness (QED) is 0.176. The zero-order valence-corrected chi connectivity index (χ0v) is 31.2. The van der Waals surface area contributed by atoms with E-state index >= 15 is 0 Å². The van der Waals surface area contributed by atoms with Gasteiger partial charge in [-0.3, -0.25) is 0 Å². The van der Waals surface area contributed by atoms with Crippen LogP contribution in [0.2, 0.25) is 0 Å². The first kappa shape index (κ1) is 31.4. The smallest absolute Gasteiger partial charge is 0.159 e. The zero-order valence-electron chi connectivity index (χ0n) is 31.2. The molecule has 0 spiro atoms. The van der Waals surface area contributed by atoms with Crippen LogP contribution in [0.3, 0.4) is 0 Å². The lowest BCUT2D eigenvalue weighted by Gasteiger charge is -2.26. The van der Waals surface area contributed by atoms with Crippen LogP contribution in [0.4, 0.5) is 17.1 Å². The average molecular weight is 741 g/mol. The average Bonchev–Trinajstić information content (AvgIpc) is 4.04. The molecule has 0 fully saturated rings. The minimum absolute atomic E-state index is 0.855. The number of rotatable bonds is 5. The number of benzene rings is 9. The SMILES string of the molecule is c1ccc2c(c1)oc1c(-c3ccc(N(c4ccc(-c5ccc6c(c5)c5cccc7c8ccccc8n6c75)cc4)c4cccc5c4oc4ccccc45)cc3)cccc12. The molecule has 270 valence electrons. The van der Waals surface area contributed by atoms with Crippen LogP contribution in [-0.2, 0) is 0 Å². The van der Waals surface area contributed by atoms with Crippen molar-refractivity contribution < 1.29 is 8.83 Å². The van der Waals surface area contributed by atoms with Crippen molar-refractivity contribution in [2.75, 3.05) is 4.90 Å². The minimum Gasteiger partial charge on any atom is -0.455 e. The summed E-state index contributed by atoms with van der Waals surface area (Å²) in [6.07, 6.45) is 0. The molecule has 0 saturated carbocycles. The van der Waals surface area contributed by atoms with Crippen LogP contribution in [0, 0.1) is 0 Å². The molecule has 4 heteroatoms. The number of fused-ring (bicyclic) bond motifs is 12. The van der Waals surface area contributed by atoms with E-state index in [0.717, 1.165) is 77.6 Å². The number of nitrogens with zero attached hydrogens (tertiary/aromatic N) is 2. The van der Waals surface area contributed by atoms with Crippen LogP contribution < -0.4 is 4.90 Å². The number of hydrogen-bond donors (Lipinski definition) is 0. The summed E-state index contributed by atoms with van der Waals surface area (Å²) in [7, 11) is 0. The van der Waals surface area contributed by atoms with Gasteiger partial charge in [-0.05, 0) is 77.4 Å². The van der Waals surface area contributed by atoms with Crippen LogP contribution in [0.15, 0.2) is 203 Å².